The second kappa shape index (κ2) is 13.5. The van der Waals surface area contributed by atoms with Crippen molar-refractivity contribution in [1.29, 1.82) is 0 Å². The number of sulfonamides is 1. The average Bonchev–Trinajstić information content (AvgIpc) is 2.78. The molecule has 2 rings (SSSR count). The zero-order valence-electron chi connectivity index (χ0n) is 19.8. The maximum Gasteiger partial charge on any atom is 0.322 e. The number of benzene rings is 1. The number of carbonyl (C=O) groups excluding carboxylic acids is 1. The summed E-state index contributed by atoms with van der Waals surface area (Å²) in [4.78, 5) is 24.8. The summed E-state index contributed by atoms with van der Waals surface area (Å²) in [7, 11) is -3.62. The number of carboxylic acid groups (broad SMARTS) is 1. The Morgan fingerprint density at radius 3 is 2.39 bits per heavy atom. The van der Waals surface area contributed by atoms with Crippen molar-refractivity contribution in [3.05, 3.63) is 29.8 Å². The smallest absolute Gasteiger partial charge is 0.322 e. The van der Waals surface area contributed by atoms with Crippen molar-refractivity contribution in [2.45, 2.75) is 71.3 Å². The predicted octanol–water partition coefficient (Wildman–Crippen LogP) is 3.21. The fourth-order valence-corrected chi connectivity index (χ4v) is 5.41. The Hall–Kier alpha value is -2.13. The number of nitrogens with zero attached hydrogens (tertiary/aromatic N) is 1. The molecule has 8 nitrogen and oxygen atoms in total. The number of hydrogen-bond acceptors (Lipinski definition) is 5. The molecule has 0 aliphatic carbocycles. The number of aliphatic carboxylic acids is 1. The lowest BCUT2D eigenvalue weighted by Gasteiger charge is -2.31. The van der Waals surface area contributed by atoms with Crippen LogP contribution >= 0.6 is 0 Å². The van der Waals surface area contributed by atoms with E-state index in [4.69, 9.17) is 4.74 Å². The van der Waals surface area contributed by atoms with Crippen LogP contribution in [0, 0.1) is 5.92 Å². The summed E-state index contributed by atoms with van der Waals surface area (Å²) < 4.78 is 32.2. The van der Waals surface area contributed by atoms with Crippen molar-refractivity contribution >= 4 is 21.9 Å². The number of ether oxygens (including phenoxy) is 1. The lowest BCUT2D eigenvalue weighted by molar-refractivity contribution is -0.139. The Balaban J connectivity index is 1.70. The van der Waals surface area contributed by atoms with E-state index in [1.54, 1.807) is 31.2 Å². The molecule has 1 heterocycles. The third-order valence-electron chi connectivity index (χ3n) is 6.09. The molecule has 0 unspecified atom stereocenters. The summed E-state index contributed by atoms with van der Waals surface area (Å²) in [5.74, 6) is 0.296. The molecular formula is C24H38N2O6S. The Bertz CT molecular complexity index is 848. The second-order valence-corrected chi connectivity index (χ2v) is 10.7. The highest BCUT2D eigenvalue weighted by Gasteiger charge is 2.24. The molecule has 1 atom stereocenters. The molecule has 9 heteroatoms. The van der Waals surface area contributed by atoms with E-state index in [0.717, 1.165) is 57.2 Å². The van der Waals surface area contributed by atoms with Crippen molar-refractivity contribution < 1.29 is 27.9 Å². The van der Waals surface area contributed by atoms with Crippen molar-refractivity contribution in [1.82, 2.24) is 9.62 Å². The van der Waals surface area contributed by atoms with Gasteiger partial charge in [0.05, 0.1) is 12.4 Å². The van der Waals surface area contributed by atoms with Crippen LogP contribution in [0.25, 0.3) is 0 Å². The molecule has 186 valence electrons. The van der Waals surface area contributed by atoms with Gasteiger partial charge in [-0.05, 0) is 62.1 Å². The van der Waals surface area contributed by atoms with Gasteiger partial charge in [0.25, 0.3) is 0 Å². The molecule has 1 fully saturated rings. The molecular weight excluding hydrogens is 444 g/mol. The lowest BCUT2D eigenvalue weighted by Crippen LogP contribution is -2.43. The molecule has 1 aromatic carbocycles. The van der Waals surface area contributed by atoms with E-state index in [2.05, 4.69) is 4.72 Å². The largest absolute Gasteiger partial charge is 0.494 e. The summed E-state index contributed by atoms with van der Waals surface area (Å²) >= 11 is 0. The molecule has 1 aliphatic rings. The van der Waals surface area contributed by atoms with Gasteiger partial charge in [0.2, 0.25) is 15.9 Å². The van der Waals surface area contributed by atoms with Gasteiger partial charge in [-0.1, -0.05) is 31.9 Å². The maximum absolute atomic E-state index is 12.1. The number of rotatable bonds is 14. The van der Waals surface area contributed by atoms with Crippen LogP contribution in [0.1, 0.15) is 64.4 Å². The van der Waals surface area contributed by atoms with Crippen LogP contribution in [0.2, 0.25) is 0 Å². The molecule has 1 amide bonds. The normalized spacial score (nSPS) is 15.9. The lowest BCUT2D eigenvalue weighted by atomic mass is 9.91. The summed E-state index contributed by atoms with van der Waals surface area (Å²) in [5, 5.41) is 9.41. The van der Waals surface area contributed by atoms with Gasteiger partial charge in [-0.15, -0.1) is 0 Å². The van der Waals surface area contributed by atoms with E-state index in [-0.39, 0.29) is 18.1 Å². The number of unbranched alkanes of at least 4 members (excludes halogenated alkanes) is 2. The Morgan fingerprint density at radius 1 is 1.15 bits per heavy atom. The quantitative estimate of drug-likeness (QED) is 0.394. The molecule has 2 N–H and O–H groups in total. The van der Waals surface area contributed by atoms with Crippen LogP contribution < -0.4 is 9.46 Å². The van der Waals surface area contributed by atoms with Crippen LogP contribution in [0.3, 0.4) is 0 Å². The van der Waals surface area contributed by atoms with E-state index < -0.39 is 22.0 Å². The fourth-order valence-electron chi connectivity index (χ4n) is 4.01. The van der Waals surface area contributed by atoms with Crippen LogP contribution in [-0.4, -0.2) is 61.8 Å². The minimum atomic E-state index is -3.62. The SMILES string of the molecule is CCCCS(=O)(=O)N[C@H](Cc1ccc(OCCCCC2CCN(C(C)=O)CC2)cc1)C(=O)O. The number of hydrogen-bond donors (Lipinski definition) is 2. The number of piperidine rings is 1. The molecule has 0 saturated carbocycles. The second-order valence-electron chi connectivity index (χ2n) is 8.82. The minimum absolute atomic E-state index is 0.0718. The summed E-state index contributed by atoms with van der Waals surface area (Å²) in [6.07, 6.45) is 6.63. The molecule has 1 aromatic rings. The first-order valence-corrected chi connectivity index (χ1v) is 13.6. The monoisotopic (exact) mass is 482 g/mol. The van der Waals surface area contributed by atoms with Crippen LogP contribution in [0.15, 0.2) is 24.3 Å². The average molecular weight is 483 g/mol. The Kier molecular flexibility index (Phi) is 11.1. The first-order chi connectivity index (χ1) is 15.7. The first-order valence-electron chi connectivity index (χ1n) is 11.9. The number of carbonyl (C=O) groups is 2. The van der Waals surface area contributed by atoms with Gasteiger partial charge >= 0.3 is 5.97 Å². The first kappa shape index (κ1) is 27.1. The number of carboxylic acids is 1. The van der Waals surface area contributed by atoms with Gasteiger partial charge in [-0.3, -0.25) is 9.59 Å². The predicted molar refractivity (Wildman–Crippen MR) is 128 cm³/mol. The van der Waals surface area contributed by atoms with Gasteiger partial charge in [-0.2, -0.15) is 0 Å². The Morgan fingerprint density at radius 2 is 1.82 bits per heavy atom. The number of nitrogens with one attached hydrogen (secondary N) is 1. The van der Waals surface area contributed by atoms with E-state index in [1.165, 1.54) is 0 Å². The van der Waals surface area contributed by atoms with Crippen LogP contribution in [0.4, 0.5) is 0 Å². The molecule has 1 saturated heterocycles. The highest BCUT2D eigenvalue weighted by molar-refractivity contribution is 7.89. The number of amides is 1. The van der Waals surface area contributed by atoms with E-state index in [1.807, 2.05) is 11.8 Å². The van der Waals surface area contributed by atoms with Crippen molar-refractivity contribution in [2.24, 2.45) is 5.92 Å². The summed E-state index contributed by atoms with van der Waals surface area (Å²) in [6, 6.07) is 5.93. The third kappa shape index (κ3) is 10.1. The molecule has 0 aromatic heterocycles. The van der Waals surface area contributed by atoms with Crippen molar-refractivity contribution in [2.75, 3.05) is 25.4 Å². The van der Waals surface area contributed by atoms with Crippen molar-refractivity contribution in [3.63, 3.8) is 0 Å². The molecule has 1 aliphatic heterocycles. The highest BCUT2D eigenvalue weighted by atomic mass is 32.2. The Labute approximate surface area is 197 Å². The minimum Gasteiger partial charge on any atom is -0.494 e. The zero-order chi connectivity index (χ0) is 24.3. The van der Waals surface area contributed by atoms with Gasteiger partial charge in [0, 0.05) is 20.0 Å². The van der Waals surface area contributed by atoms with E-state index in [0.29, 0.717) is 24.7 Å². The molecule has 0 spiro atoms. The standard InChI is InChI=1S/C24H38N2O6S/c1-3-4-17-33(30,31)25-23(24(28)29)18-21-8-10-22(11-9-21)32-16-6-5-7-20-12-14-26(15-13-20)19(2)27/h8-11,20,23,25H,3-7,12-18H2,1-2H3,(H,28,29)/t23-/m1/s1. The topological polar surface area (TPSA) is 113 Å². The summed E-state index contributed by atoms with van der Waals surface area (Å²) in [6.45, 7) is 5.86. The van der Waals surface area contributed by atoms with E-state index in [9.17, 15) is 23.1 Å². The van der Waals surface area contributed by atoms with Crippen molar-refractivity contribution in [3.8, 4) is 5.75 Å². The van der Waals surface area contributed by atoms with Gasteiger partial charge < -0.3 is 14.7 Å². The zero-order valence-corrected chi connectivity index (χ0v) is 20.6. The molecule has 33 heavy (non-hydrogen) atoms. The van der Waals surface area contributed by atoms with Gasteiger partial charge in [-0.25, -0.2) is 13.1 Å². The maximum atomic E-state index is 12.1. The fraction of sp³-hybridized carbons (Fsp3) is 0.667. The van der Waals surface area contributed by atoms with Gasteiger partial charge in [0.15, 0.2) is 0 Å². The molecule has 0 radical (unpaired) electrons. The number of likely N-dealkylation sites (tertiary alicyclic amines) is 1. The van der Waals surface area contributed by atoms with E-state index >= 15 is 0 Å². The highest BCUT2D eigenvalue weighted by Crippen LogP contribution is 2.23. The molecule has 0 bridgehead atoms. The van der Waals surface area contributed by atoms with Crippen LogP contribution in [0.5, 0.6) is 5.75 Å². The van der Waals surface area contributed by atoms with Gasteiger partial charge in [0.1, 0.15) is 11.8 Å². The summed E-state index contributed by atoms with van der Waals surface area (Å²) in [5.41, 5.74) is 0.727. The van der Waals surface area contributed by atoms with Crippen LogP contribution in [-0.2, 0) is 26.0 Å². The third-order valence-corrected chi connectivity index (χ3v) is 7.55.